The molecule has 0 aliphatic carbocycles. The van der Waals surface area contributed by atoms with E-state index in [2.05, 4.69) is 27.4 Å². The fraction of sp³-hybridized carbons (Fsp3) is 0.250. The molecule has 0 atom stereocenters. The number of rotatable bonds is 5. The van der Waals surface area contributed by atoms with Crippen LogP contribution in [0.25, 0.3) is 0 Å². The smallest absolute Gasteiger partial charge is 0.187 e. The Morgan fingerprint density at radius 2 is 2.41 bits per heavy atom. The van der Waals surface area contributed by atoms with Gasteiger partial charge in [0, 0.05) is 12.7 Å². The van der Waals surface area contributed by atoms with Crippen molar-refractivity contribution in [3.05, 3.63) is 42.7 Å². The summed E-state index contributed by atoms with van der Waals surface area (Å²) >= 11 is 5.04. The fourth-order valence-corrected chi connectivity index (χ4v) is 1.30. The molecule has 0 fully saturated rings. The lowest BCUT2D eigenvalue weighted by Gasteiger charge is -2.06. The van der Waals surface area contributed by atoms with Crippen LogP contribution in [0.2, 0.25) is 0 Å². The summed E-state index contributed by atoms with van der Waals surface area (Å²) in [5.41, 5.74) is 4.51. The second-order valence-corrected chi connectivity index (χ2v) is 3.65. The van der Waals surface area contributed by atoms with Crippen LogP contribution in [0.1, 0.15) is 19.0 Å². The lowest BCUT2D eigenvalue weighted by Crippen LogP contribution is -2.32. The molecule has 0 spiro atoms. The molecule has 0 saturated heterocycles. The summed E-state index contributed by atoms with van der Waals surface area (Å²) in [6, 6.07) is 5.73. The lowest BCUT2D eigenvalue weighted by molar-refractivity contribution is 0.929. The van der Waals surface area contributed by atoms with Crippen LogP contribution in [0.5, 0.6) is 0 Å². The Morgan fingerprint density at radius 1 is 1.59 bits per heavy atom. The Kier molecular flexibility index (Phi) is 5.88. The summed E-state index contributed by atoms with van der Waals surface area (Å²) in [6.45, 7) is 6.24. The molecule has 0 aliphatic rings. The average Bonchev–Trinajstić information content (AvgIpc) is 2.38. The van der Waals surface area contributed by atoms with E-state index >= 15 is 0 Å². The Hall–Kier alpha value is -1.75. The fourth-order valence-electron chi connectivity index (χ4n) is 1.17. The normalized spacial score (nSPS) is 10.8. The maximum absolute atomic E-state index is 5.04. The zero-order chi connectivity index (χ0) is 12.5. The van der Waals surface area contributed by atoms with Crippen molar-refractivity contribution in [2.45, 2.75) is 13.3 Å². The molecule has 2 N–H and O–H groups in total. The van der Waals surface area contributed by atoms with E-state index in [4.69, 9.17) is 12.2 Å². The van der Waals surface area contributed by atoms with Crippen molar-refractivity contribution < 1.29 is 0 Å². The van der Waals surface area contributed by atoms with Crippen molar-refractivity contribution in [3.8, 4) is 0 Å². The lowest BCUT2D eigenvalue weighted by atomic mass is 10.2. The van der Waals surface area contributed by atoms with E-state index in [1.807, 2.05) is 25.1 Å². The predicted molar refractivity (Wildman–Crippen MR) is 75.0 cm³/mol. The number of nitrogens with zero attached hydrogens (tertiary/aromatic N) is 2. The first-order valence-electron chi connectivity index (χ1n) is 5.40. The van der Waals surface area contributed by atoms with Gasteiger partial charge in [-0.3, -0.25) is 10.4 Å². The maximum atomic E-state index is 5.04. The summed E-state index contributed by atoms with van der Waals surface area (Å²) in [7, 11) is 0. The van der Waals surface area contributed by atoms with Gasteiger partial charge < -0.3 is 5.32 Å². The van der Waals surface area contributed by atoms with Crippen molar-refractivity contribution in [2.75, 3.05) is 6.54 Å². The van der Waals surface area contributed by atoms with Gasteiger partial charge in [-0.2, -0.15) is 5.10 Å². The quantitative estimate of drug-likeness (QED) is 0.361. The Morgan fingerprint density at radius 3 is 3.00 bits per heavy atom. The van der Waals surface area contributed by atoms with Crippen molar-refractivity contribution >= 4 is 23.0 Å². The molecule has 90 valence electrons. The first kappa shape index (κ1) is 13.3. The number of thiocarbonyl (C=S) groups is 1. The zero-order valence-electron chi connectivity index (χ0n) is 9.81. The standard InChI is InChI=1S/C12H16N4S/c1-3-8-14-12(17)16-15-10(4-2)11-7-5-6-9-13-11/h3,5-7,9H,1,4,8H2,2H3,(H2,14,16,17)/b15-10+. The molecule has 0 unspecified atom stereocenters. The number of hydrogen-bond donors (Lipinski definition) is 2. The number of nitrogens with one attached hydrogen (secondary N) is 2. The van der Waals surface area contributed by atoms with Gasteiger partial charge in [0.1, 0.15) is 0 Å². The monoisotopic (exact) mass is 248 g/mol. The molecule has 1 rings (SSSR count). The van der Waals surface area contributed by atoms with Crippen LogP contribution in [0.4, 0.5) is 0 Å². The summed E-state index contributed by atoms with van der Waals surface area (Å²) in [6.07, 6.45) is 4.26. The molecule has 0 saturated carbocycles. The molecule has 17 heavy (non-hydrogen) atoms. The number of aromatic nitrogens is 1. The molecule has 1 aromatic rings. The Balaban J connectivity index is 2.62. The predicted octanol–water partition coefficient (Wildman–Crippen LogP) is 1.85. The summed E-state index contributed by atoms with van der Waals surface area (Å²) < 4.78 is 0. The van der Waals surface area contributed by atoms with Gasteiger partial charge in [0.25, 0.3) is 0 Å². The largest absolute Gasteiger partial charge is 0.358 e. The molecular weight excluding hydrogens is 232 g/mol. The highest BCUT2D eigenvalue weighted by molar-refractivity contribution is 7.80. The van der Waals surface area contributed by atoms with Crippen LogP contribution in [0, 0.1) is 0 Å². The third kappa shape index (κ3) is 4.74. The third-order valence-electron chi connectivity index (χ3n) is 1.99. The van der Waals surface area contributed by atoms with Gasteiger partial charge in [-0.15, -0.1) is 6.58 Å². The molecule has 0 aliphatic heterocycles. The minimum absolute atomic E-state index is 0.479. The maximum Gasteiger partial charge on any atom is 0.187 e. The zero-order valence-corrected chi connectivity index (χ0v) is 10.6. The van der Waals surface area contributed by atoms with Crippen LogP contribution >= 0.6 is 12.2 Å². The van der Waals surface area contributed by atoms with E-state index in [0.29, 0.717) is 11.7 Å². The van der Waals surface area contributed by atoms with Gasteiger partial charge in [0.05, 0.1) is 11.4 Å². The van der Waals surface area contributed by atoms with Crippen LogP contribution in [-0.4, -0.2) is 22.4 Å². The summed E-state index contributed by atoms with van der Waals surface area (Å²) in [4.78, 5) is 4.24. The van der Waals surface area contributed by atoms with Gasteiger partial charge in [-0.1, -0.05) is 19.1 Å². The minimum Gasteiger partial charge on any atom is -0.358 e. The second-order valence-electron chi connectivity index (χ2n) is 3.24. The van der Waals surface area contributed by atoms with Crippen LogP contribution in [0.3, 0.4) is 0 Å². The molecule has 4 nitrogen and oxygen atoms in total. The van der Waals surface area contributed by atoms with Crippen LogP contribution in [-0.2, 0) is 0 Å². The van der Waals surface area contributed by atoms with Crippen molar-refractivity contribution in [1.82, 2.24) is 15.7 Å². The van der Waals surface area contributed by atoms with Crippen molar-refractivity contribution in [3.63, 3.8) is 0 Å². The van der Waals surface area contributed by atoms with E-state index in [1.54, 1.807) is 12.3 Å². The average molecular weight is 248 g/mol. The Labute approximate surface area is 107 Å². The minimum atomic E-state index is 0.479. The van der Waals surface area contributed by atoms with E-state index in [-0.39, 0.29) is 0 Å². The SMILES string of the molecule is C=CCNC(=S)N/N=C(\CC)c1ccccn1. The number of hydrazone groups is 1. The summed E-state index contributed by atoms with van der Waals surface area (Å²) in [5.74, 6) is 0. The van der Waals surface area contributed by atoms with Crippen molar-refractivity contribution in [1.29, 1.82) is 0 Å². The summed E-state index contributed by atoms with van der Waals surface area (Å²) in [5, 5.41) is 7.65. The molecule has 0 radical (unpaired) electrons. The first-order valence-corrected chi connectivity index (χ1v) is 5.81. The molecular formula is C12H16N4S. The van der Waals surface area contributed by atoms with Gasteiger partial charge in [-0.05, 0) is 30.8 Å². The van der Waals surface area contributed by atoms with Gasteiger partial charge >= 0.3 is 0 Å². The Bertz CT molecular complexity index is 400. The molecule has 1 aromatic heterocycles. The molecule has 1 heterocycles. The topological polar surface area (TPSA) is 49.3 Å². The highest BCUT2D eigenvalue weighted by atomic mass is 32.1. The van der Waals surface area contributed by atoms with E-state index in [0.717, 1.165) is 17.8 Å². The van der Waals surface area contributed by atoms with Gasteiger partial charge in [0.15, 0.2) is 5.11 Å². The third-order valence-corrected chi connectivity index (χ3v) is 2.23. The van der Waals surface area contributed by atoms with Gasteiger partial charge in [-0.25, -0.2) is 0 Å². The number of pyridine rings is 1. The van der Waals surface area contributed by atoms with Crippen LogP contribution < -0.4 is 10.7 Å². The van der Waals surface area contributed by atoms with E-state index < -0.39 is 0 Å². The van der Waals surface area contributed by atoms with Crippen molar-refractivity contribution in [2.24, 2.45) is 5.10 Å². The van der Waals surface area contributed by atoms with Crippen LogP contribution in [0.15, 0.2) is 42.2 Å². The molecule has 0 amide bonds. The van der Waals surface area contributed by atoms with Gasteiger partial charge in [0.2, 0.25) is 0 Å². The molecule has 0 bridgehead atoms. The van der Waals surface area contributed by atoms with E-state index in [1.165, 1.54) is 0 Å². The number of hydrogen-bond acceptors (Lipinski definition) is 3. The molecule has 5 heteroatoms. The molecule has 0 aromatic carbocycles. The highest BCUT2D eigenvalue weighted by Gasteiger charge is 2.01. The highest BCUT2D eigenvalue weighted by Crippen LogP contribution is 1.99. The first-order chi connectivity index (χ1) is 8.27. The second kappa shape index (κ2) is 7.51. The van der Waals surface area contributed by atoms with E-state index in [9.17, 15) is 0 Å².